The maximum Gasteiger partial charge on any atom is 0.251 e. The van der Waals surface area contributed by atoms with Crippen LogP contribution in [0.1, 0.15) is 49.4 Å². The molecule has 1 amide bonds. The molecule has 2 N–H and O–H groups in total. The van der Waals surface area contributed by atoms with E-state index in [4.69, 9.17) is 0 Å². The molecule has 23 heavy (non-hydrogen) atoms. The van der Waals surface area contributed by atoms with E-state index in [1.807, 2.05) is 36.2 Å². The van der Waals surface area contributed by atoms with Gasteiger partial charge in [-0.15, -0.1) is 0 Å². The summed E-state index contributed by atoms with van der Waals surface area (Å²) in [5, 5.41) is 19.0. The lowest BCUT2D eigenvalue weighted by atomic mass is 9.85. The highest BCUT2D eigenvalue weighted by Crippen LogP contribution is 2.25. The topological polar surface area (TPSA) is 64.9 Å². The first kappa shape index (κ1) is 16.0. The van der Waals surface area contributed by atoms with Crippen LogP contribution in [0.5, 0.6) is 0 Å². The SMILES string of the molecule is CC1=NN(c2ccc(C(=O)NC3CCCCC3CO)cc2)CC1. The number of carbonyl (C=O) groups excluding carboxylic acids is 1. The molecule has 1 fully saturated rings. The molecule has 5 heteroatoms. The highest BCUT2D eigenvalue weighted by atomic mass is 16.3. The first-order valence-electron chi connectivity index (χ1n) is 8.51. The second-order valence-corrected chi connectivity index (χ2v) is 6.56. The van der Waals surface area contributed by atoms with Crippen LogP contribution >= 0.6 is 0 Å². The molecular weight excluding hydrogens is 290 g/mol. The van der Waals surface area contributed by atoms with Crippen LogP contribution in [-0.2, 0) is 0 Å². The van der Waals surface area contributed by atoms with Gasteiger partial charge in [-0.1, -0.05) is 12.8 Å². The number of aliphatic hydroxyl groups excluding tert-OH is 1. The first-order chi connectivity index (χ1) is 11.2. The molecule has 1 aliphatic heterocycles. The third-order valence-electron chi connectivity index (χ3n) is 4.86. The van der Waals surface area contributed by atoms with Crippen LogP contribution in [0.2, 0.25) is 0 Å². The van der Waals surface area contributed by atoms with Gasteiger partial charge in [0.1, 0.15) is 0 Å². The smallest absolute Gasteiger partial charge is 0.251 e. The number of rotatable bonds is 4. The van der Waals surface area contributed by atoms with Gasteiger partial charge < -0.3 is 10.4 Å². The molecular formula is C18H25N3O2. The fraction of sp³-hybridized carbons (Fsp3) is 0.556. The standard InChI is InChI=1S/C18H25N3O2/c1-13-10-11-21(20-13)16-8-6-14(7-9-16)18(23)19-17-5-3-2-4-15(17)12-22/h6-9,15,17,22H,2-5,10-12H2,1H3,(H,19,23). The van der Waals surface area contributed by atoms with Gasteiger partial charge in [-0.05, 0) is 44.0 Å². The minimum atomic E-state index is -0.0528. The van der Waals surface area contributed by atoms with E-state index in [1.54, 1.807) is 0 Å². The second-order valence-electron chi connectivity index (χ2n) is 6.56. The van der Waals surface area contributed by atoms with Crippen LogP contribution in [0, 0.1) is 5.92 Å². The zero-order valence-electron chi connectivity index (χ0n) is 13.7. The number of amides is 1. The van der Waals surface area contributed by atoms with Crippen LogP contribution in [0.15, 0.2) is 29.4 Å². The third-order valence-corrected chi connectivity index (χ3v) is 4.86. The van der Waals surface area contributed by atoms with Gasteiger partial charge in [-0.25, -0.2) is 0 Å². The van der Waals surface area contributed by atoms with Gasteiger partial charge in [0, 0.05) is 42.8 Å². The number of nitrogens with one attached hydrogen (secondary N) is 1. The van der Waals surface area contributed by atoms with Crippen LogP contribution in [0.3, 0.4) is 0 Å². The van der Waals surface area contributed by atoms with Crippen molar-refractivity contribution in [2.75, 3.05) is 18.2 Å². The summed E-state index contributed by atoms with van der Waals surface area (Å²) in [5.74, 6) is 0.136. The summed E-state index contributed by atoms with van der Waals surface area (Å²) in [6.07, 6.45) is 5.20. The summed E-state index contributed by atoms with van der Waals surface area (Å²) < 4.78 is 0. The van der Waals surface area contributed by atoms with Gasteiger partial charge in [0.2, 0.25) is 0 Å². The average Bonchev–Trinajstić information content (AvgIpc) is 3.02. The van der Waals surface area contributed by atoms with Gasteiger partial charge in [-0.2, -0.15) is 5.10 Å². The summed E-state index contributed by atoms with van der Waals surface area (Å²) >= 11 is 0. The Morgan fingerprint density at radius 2 is 2.04 bits per heavy atom. The van der Waals surface area contributed by atoms with E-state index < -0.39 is 0 Å². The molecule has 0 bridgehead atoms. The van der Waals surface area contributed by atoms with Crippen molar-refractivity contribution in [3.05, 3.63) is 29.8 Å². The number of benzene rings is 1. The Morgan fingerprint density at radius 3 is 2.70 bits per heavy atom. The predicted octanol–water partition coefficient (Wildman–Crippen LogP) is 2.55. The zero-order chi connectivity index (χ0) is 16.2. The van der Waals surface area contributed by atoms with Crippen molar-refractivity contribution < 1.29 is 9.90 Å². The minimum absolute atomic E-state index is 0.0528. The van der Waals surface area contributed by atoms with E-state index in [1.165, 1.54) is 0 Å². The molecule has 0 spiro atoms. The monoisotopic (exact) mass is 315 g/mol. The van der Waals surface area contributed by atoms with Gasteiger partial charge in [0.05, 0.1) is 5.69 Å². The molecule has 0 saturated heterocycles. The Kier molecular flexibility index (Phi) is 4.96. The van der Waals surface area contributed by atoms with Crippen molar-refractivity contribution in [2.45, 2.75) is 45.1 Å². The summed E-state index contributed by atoms with van der Waals surface area (Å²) in [7, 11) is 0. The van der Waals surface area contributed by atoms with Crippen molar-refractivity contribution in [3.8, 4) is 0 Å². The van der Waals surface area contributed by atoms with Crippen molar-refractivity contribution >= 4 is 17.3 Å². The quantitative estimate of drug-likeness (QED) is 0.897. The van der Waals surface area contributed by atoms with Crippen LogP contribution in [0.4, 0.5) is 5.69 Å². The molecule has 2 aliphatic rings. The van der Waals surface area contributed by atoms with E-state index in [0.29, 0.717) is 5.56 Å². The molecule has 124 valence electrons. The van der Waals surface area contributed by atoms with Gasteiger partial charge in [0.15, 0.2) is 0 Å². The van der Waals surface area contributed by atoms with E-state index >= 15 is 0 Å². The zero-order valence-corrected chi connectivity index (χ0v) is 13.7. The number of hydrogen-bond acceptors (Lipinski definition) is 4. The van der Waals surface area contributed by atoms with Crippen molar-refractivity contribution in [1.82, 2.24) is 5.32 Å². The Morgan fingerprint density at radius 1 is 1.30 bits per heavy atom. The second kappa shape index (κ2) is 7.13. The number of anilines is 1. The Bertz CT molecular complexity index is 582. The molecule has 5 nitrogen and oxygen atoms in total. The highest BCUT2D eigenvalue weighted by molar-refractivity contribution is 5.94. The van der Waals surface area contributed by atoms with Crippen LogP contribution in [-0.4, -0.2) is 35.9 Å². The summed E-state index contributed by atoms with van der Waals surface area (Å²) in [5.41, 5.74) is 2.82. The molecule has 3 rings (SSSR count). The summed E-state index contributed by atoms with van der Waals surface area (Å²) in [6, 6.07) is 7.68. The van der Waals surface area contributed by atoms with E-state index in [0.717, 1.165) is 50.0 Å². The van der Waals surface area contributed by atoms with Crippen molar-refractivity contribution in [3.63, 3.8) is 0 Å². The van der Waals surface area contributed by atoms with Crippen molar-refractivity contribution in [1.29, 1.82) is 0 Å². The van der Waals surface area contributed by atoms with E-state index in [2.05, 4.69) is 10.4 Å². The average molecular weight is 315 g/mol. The Labute approximate surface area is 137 Å². The lowest BCUT2D eigenvalue weighted by Gasteiger charge is -2.30. The molecule has 1 saturated carbocycles. The molecule has 0 radical (unpaired) electrons. The highest BCUT2D eigenvalue weighted by Gasteiger charge is 2.26. The van der Waals surface area contributed by atoms with Crippen molar-refractivity contribution in [2.24, 2.45) is 11.0 Å². The van der Waals surface area contributed by atoms with Gasteiger partial charge >= 0.3 is 0 Å². The molecule has 2 atom stereocenters. The Hall–Kier alpha value is -1.88. The molecule has 1 aliphatic carbocycles. The summed E-state index contributed by atoms with van der Waals surface area (Å²) in [4.78, 5) is 12.4. The number of hydrogen-bond donors (Lipinski definition) is 2. The lowest BCUT2D eigenvalue weighted by Crippen LogP contribution is -2.43. The number of carbonyl (C=O) groups is 1. The predicted molar refractivity (Wildman–Crippen MR) is 91.8 cm³/mol. The first-order valence-corrected chi connectivity index (χ1v) is 8.51. The number of nitrogens with zero attached hydrogens (tertiary/aromatic N) is 2. The minimum Gasteiger partial charge on any atom is -0.396 e. The molecule has 2 unspecified atom stereocenters. The normalized spacial score (nSPS) is 24.4. The Balaban J connectivity index is 1.63. The maximum absolute atomic E-state index is 12.4. The van der Waals surface area contributed by atoms with Crippen LogP contribution < -0.4 is 10.3 Å². The van der Waals surface area contributed by atoms with Crippen LogP contribution in [0.25, 0.3) is 0 Å². The van der Waals surface area contributed by atoms with Gasteiger partial charge in [-0.3, -0.25) is 9.80 Å². The number of hydrazone groups is 1. The lowest BCUT2D eigenvalue weighted by molar-refractivity contribution is 0.0872. The third kappa shape index (κ3) is 3.72. The molecule has 1 aromatic carbocycles. The molecule has 1 heterocycles. The summed E-state index contributed by atoms with van der Waals surface area (Å²) in [6.45, 7) is 3.08. The number of aliphatic hydroxyl groups is 1. The van der Waals surface area contributed by atoms with E-state index in [-0.39, 0.29) is 24.5 Å². The largest absolute Gasteiger partial charge is 0.396 e. The van der Waals surface area contributed by atoms with Gasteiger partial charge in [0.25, 0.3) is 5.91 Å². The fourth-order valence-electron chi connectivity index (χ4n) is 3.41. The maximum atomic E-state index is 12.4. The molecule has 1 aromatic rings. The molecule has 0 aromatic heterocycles. The van der Waals surface area contributed by atoms with E-state index in [9.17, 15) is 9.90 Å². The fourth-order valence-corrected chi connectivity index (χ4v) is 3.41.